The molecule has 6 heteroatoms. The third-order valence-corrected chi connectivity index (χ3v) is 4.57. The number of halogens is 4. The second-order valence-corrected chi connectivity index (χ2v) is 5.71. The van der Waals surface area contributed by atoms with E-state index < -0.39 is 34.1 Å². The van der Waals surface area contributed by atoms with Gasteiger partial charge in [-0.15, -0.1) is 0 Å². The van der Waals surface area contributed by atoms with E-state index in [1.54, 1.807) is 0 Å². The van der Waals surface area contributed by atoms with Crippen molar-refractivity contribution >= 4 is 10.8 Å². The van der Waals surface area contributed by atoms with Gasteiger partial charge in [-0.3, -0.25) is 0 Å². The Kier molecular flexibility index (Phi) is 3.94. The van der Waals surface area contributed by atoms with Crippen LogP contribution in [0, 0.1) is 37.1 Å². The number of hydrogen-bond donors (Lipinski definition) is 0. The van der Waals surface area contributed by atoms with Crippen LogP contribution < -0.4 is 0 Å². The van der Waals surface area contributed by atoms with Crippen molar-refractivity contribution in [1.82, 2.24) is 0 Å². The third kappa shape index (κ3) is 2.60. The smallest absolute Gasteiger partial charge is 0.130 e. The summed E-state index contributed by atoms with van der Waals surface area (Å²) in [5.74, 6) is -3.51. The SMILES string of the molecule is Cc1c(F)cc(F)cc1S(=O)c1cc(F)cc(F)c1C. The van der Waals surface area contributed by atoms with Crippen molar-refractivity contribution in [2.24, 2.45) is 0 Å². The van der Waals surface area contributed by atoms with E-state index in [1.807, 2.05) is 0 Å². The monoisotopic (exact) mass is 302 g/mol. The third-order valence-electron chi connectivity index (χ3n) is 2.92. The molecule has 0 saturated heterocycles. The van der Waals surface area contributed by atoms with Crippen molar-refractivity contribution in [3.05, 3.63) is 58.7 Å². The van der Waals surface area contributed by atoms with Crippen LogP contribution in [0.15, 0.2) is 34.1 Å². The highest BCUT2D eigenvalue weighted by atomic mass is 32.2. The molecule has 0 fully saturated rings. The highest BCUT2D eigenvalue weighted by molar-refractivity contribution is 7.85. The minimum Gasteiger partial charge on any atom is -0.249 e. The predicted octanol–water partition coefficient (Wildman–Crippen LogP) is 4.03. The lowest BCUT2D eigenvalue weighted by atomic mass is 10.2. The highest BCUT2D eigenvalue weighted by Crippen LogP contribution is 2.27. The van der Waals surface area contributed by atoms with Crippen LogP contribution in [0.3, 0.4) is 0 Å². The van der Waals surface area contributed by atoms with Crippen LogP contribution in [-0.2, 0) is 10.8 Å². The molecular weight excluding hydrogens is 292 g/mol. The van der Waals surface area contributed by atoms with Crippen molar-refractivity contribution < 1.29 is 21.8 Å². The number of rotatable bonds is 2. The van der Waals surface area contributed by atoms with E-state index in [0.29, 0.717) is 12.1 Å². The number of benzene rings is 2. The Hall–Kier alpha value is -1.69. The molecule has 0 bridgehead atoms. The maximum atomic E-state index is 13.5. The molecule has 0 heterocycles. The molecular formula is C14H10F4OS. The summed E-state index contributed by atoms with van der Waals surface area (Å²) in [5.41, 5.74) is -0.0393. The van der Waals surface area contributed by atoms with Crippen LogP contribution in [0.25, 0.3) is 0 Å². The molecule has 0 saturated carbocycles. The Morgan fingerprint density at radius 2 is 1.10 bits per heavy atom. The van der Waals surface area contributed by atoms with Gasteiger partial charge >= 0.3 is 0 Å². The Labute approximate surface area is 115 Å². The first-order valence-corrected chi connectivity index (χ1v) is 6.79. The molecule has 2 aromatic carbocycles. The predicted molar refractivity (Wildman–Crippen MR) is 66.9 cm³/mol. The highest BCUT2D eigenvalue weighted by Gasteiger charge is 2.19. The first-order chi connectivity index (χ1) is 9.31. The molecule has 0 radical (unpaired) electrons. The Morgan fingerprint density at radius 3 is 1.45 bits per heavy atom. The molecule has 0 aliphatic rings. The van der Waals surface area contributed by atoms with Gasteiger partial charge in [-0.25, -0.2) is 21.8 Å². The molecule has 0 N–H and O–H groups in total. The molecule has 106 valence electrons. The van der Waals surface area contributed by atoms with Crippen molar-refractivity contribution in [3.63, 3.8) is 0 Å². The van der Waals surface area contributed by atoms with E-state index in [4.69, 9.17) is 0 Å². The molecule has 0 aromatic heterocycles. The van der Waals surface area contributed by atoms with Crippen LogP contribution in [-0.4, -0.2) is 4.21 Å². The summed E-state index contributed by atoms with van der Waals surface area (Å²) in [4.78, 5) is -0.286. The van der Waals surface area contributed by atoms with Gasteiger partial charge in [0.25, 0.3) is 0 Å². The van der Waals surface area contributed by atoms with Crippen molar-refractivity contribution in [3.8, 4) is 0 Å². The van der Waals surface area contributed by atoms with Gasteiger partial charge in [-0.05, 0) is 26.0 Å². The number of hydrogen-bond acceptors (Lipinski definition) is 1. The fourth-order valence-electron chi connectivity index (χ4n) is 1.75. The summed E-state index contributed by atoms with van der Waals surface area (Å²) in [6.45, 7) is 2.65. The lowest BCUT2D eigenvalue weighted by Gasteiger charge is -2.10. The van der Waals surface area contributed by atoms with Gasteiger partial charge in [0, 0.05) is 23.3 Å². The van der Waals surface area contributed by atoms with Gasteiger partial charge in [0.05, 0.1) is 20.6 Å². The molecule has 2 aromatic rings. The second-order valence-electron chi connectivity index (χ2n) is 4.29. The van der Waals surface area contributed by atoms with E-state index in [9.17, 15) is 21.8 Å². The average molecular weight is 302 g/mol. The molecule has 0 aliphatic carbocycles. The van der Waals surface area contributed by atoms with Crippen molar-refractivity contribution in [1.29, 1.82) is 0 Å². The van der Waals surface area contributed by atoms with Crippen molar-refractivity contribution in [2.45, 2.75) is 23.6 Å². The van der Waals surface area contributed by atoms with Crippen LogP contribution in [0.2, 0.25) is 0 Å². The summed E-state index contributed by atoms with van der Waals surface area (Å²) >= 11 is 0. The zero-order valence-corrected chi connectivity index (χ0v) is 11.5. The van der Waals surface area contributed by atoms with Crippen LogP contribution in [0.1, 0.15) is 11.1 Å². The summed E-state index contributed by atoms with van der Waals surface area (Å²) in [6.07, 6.45) is 0. The van der Waals surface area contributed by atoms with Gasteiger partial charge in [0.15, 0.2) is 0 Å². The van der Waals surface area contributed by atoms with Crippen molar-refractivity contribution in [2.75, 3.05) is 0 Å². The van der Waals surface area contributed by atoms with Gasteiger partial charge in [-0.2, -0.15) is 0 Å². The van der Waals surface area contributed by atoms with E-state index in [0.717, 1.165) is 12.1 Å². The Balaban J connectivity index is 2.64. The fourth-order valence-corrected chi connectivity index (χ4v) is 3.18. The van der Waals surface area contributed by atoms with Crippen LogP contribution in [0.4, 0.5) is 17.6 Å². The lowest BCUT2D eigenvalue weighted by molar-refractivity contribution is 0.566. The van der Waals surface area contributed by atoms with Gasteiger partial charge in [0.1, 0.15) is 23.3 Å². The molecule has 1 nitrogen and oxygen atoms in total. The maximum absolute atomic E-state index is 13.5. The standard InChI is InChI=1S/C14H10F4OS/c1-7-11(17)3-9(15)5-13(7)20(19)14-6-10(16)4-12(18)8(14)2/h3-6H,1-2H3. The van der Waals surface area contributed by atoms with Gasteiger partial charge < -0.3 is 0 Å². The normalized spacial score (nSPS) is 11.2. The summed E-state index contributed by atoms with van der Waals surface area (Å²) in [6, 6.07) is 3.12. The summed E-state index contributed by atoms with van der Waals surface area (Å²) < 4.78 is 65.7. The van der Waals surface area contributed by atoms with Gasteiger partial charge in [0.2, 0.25) is 0 Å². The molecule has 2 rings (SSSR count). The fraction of sp³-hybridized carbons (Fsp3) is 0.143. The molecule has 0 atom stereocenters. The van der Waals surface area contributed by atoms with Crippen LogP contribution >= 0.6 is 0 Å². The lowest BCUT2D eigenvalue weighted by Crippen LogP contribution is -2.03. The zero-order chi connectivity index (χ0) is 15.0. The summed E-state index contributed by atoms with van der Waals surface area (Å²) in [5, 5.41) is 0. The quantitative estimate of drug-likeness (QED) is 0.766. The average Bonchev–Trinajstić information content (AvgIpc) is 2.37. The summed E-state index contributed by atoms with van der Waals surface area (Å²) in [7, 11) is -2.07. The Bertz CT molecular complexity index is 653. The molecule has 20 heavy (non-hydrogen) atoms. The van der Waals surface area contributed by atoms with E-state index in [1.165, 1.54) is 13.8 Å². The molecule has 0 amide bonds. The van der Waals surface area contributed by atoms with E-state index in [-0.39, 0.29) is 20.9 Å². The largest absolute Gasteiger partial charge is 0.249 e. The molecule has 0 aliphatic heterocycles. The van der Waals surface area contributed by atoms with Crippen LogP contribution in [0.5, 0.6) is 0 Å². The minimum atomic E-state index is -2.07. The maximum Gasteiger partial charge on any atom is 0.130 e. The van der Waals surface area contributed by atoms with E-state index >= 15 is 0 Å². The first-order valence-electron chi connectivity index (χ1n) is 5.64. The Morgan fingerprint density at radius 1 is 0.750 bits per heavy atom. The zero-order valence-electron chi connectivity index (χ0n) is 10.6. The first kappa shape index (κ1) is 14.7. The molecule has 0 unspecified atom stereocenters. The second kappa shape index (κ2) is 5.36. The van der Waals surface area contributed by atoms with E-state index in [2.05, 4.69) is 0 Å². The minimum absolute atomic E-state index is 0.0196. The topological polar surface area (TPSA) is 17.1 Å². The molecule has 0 spiro atoms. The van der Waals surface area contributed by atoms with Gasteiger partial charge in [-0.1, -0.05) is 0 Å².